The molecule has 2 N–H and O–H groups in total. The van der Waals surface area contributed by atoms with Crippen LogP contribution in [0.4, 0.5) is 10.8 Å². The van der Waals surface area contributed by atoms with Crippen LogP contribution in [0.25, 0.3) is 11.3 Å². The summed E-state index contributed by atoms with van der Waals surface area (Å²) >= 11 is 1.30. The number of anilines is 2. The summed E-state index contributed by atoms with van der Waals surface area (Å²) in [6.07, 6.45) is 1.13. The van der Waals surface area contributed by atoms with Gasteiger partial charge in [-0.05, 0) is 36.4 Å². The first-order valence-corrected chi connectivity index (χ1v) is 10.9. The number of rotatable bonds is 5. The minimum Gasteiger partial charge on any atom is -0.322 e. The standard InChI is InChI=1S/C19H17N3O4S2/c1-12(23)20-19-22-17(11-27-19)13-4-3-5-14(10-13)18(24)21-15-6-8-16(9-7-15)28(2,25)26/h3-11H,1-2H3,(H,21,24)(H,20,22,23). The molecule has 3 rings (SSSR count). The van der Waals surface area contributed by atoms with Crippen molar-refractivity contribution < 1.29 is 18.0 Å². The van der Waals surface area contributed by atoms with Gasteiger partial charge in [-0.1, -0.05) is 12.1 Å². The number of hydrogen-bond donors (Lipinski definition) is 2. The highest BCUT2D eigenvalue weighted by Crippen LogP contribution is 2.26. The molecule has 1 heterocycles. The monoisotopic (exact) mass is 415 g/mol. The fourth-order valence-corrected chi connectivity index (χ4v) is 3.82. The Bertz CT molecular complexity index is 1140. The van der Waals surface area contributed by atoms with Crippen LogP contribution in [-0.2, 0) is 14.6 Å². The molecular weight excluding hydrogens is 398 g/mol. The summed E-state index contributed by atoms with van der Waals surface area (Å²) in [5, 5.41) is 7.65. The second kappa shape index (κ2) is 7.91. The number of carbonyl (C=O) groups is 2. The van der Waals surface area contributed by atoms with E-state index in [4.69, 9.17) is 0 Å². The van der Waals surface area contributed by atoms with Crippen molar-refractivity contribution in [3.8, 4) is 11.3 Å². The molecule has 2 amide bonds. The molecule has 0 atom stereocenters. The van der Waals surface area contributed by atoms with Gasteiger partial charge in [0.05, 0.1) is 10.6 Å². The first kappa shape index (κ1) is 19.7. The summed E-state index contributed by atoms with van der Waals surface area (Å²) in [5.74, 6) is -0.526. The molecule has 0 saturated heterocycles. The Morgan fingerprint density at radius 2 is 1.75 bits per heavy atom. The first-order valence-electron chi connectivity index (χ1n) is 8.17. The van der Waals surface area contributed by atoms with Gasteiger partial charge < -0.3 is 10.6 Å². The molecule has 0 aliphatic rings. The van der Waals surface area contributed by atoms with E-state index in [0.717, 1.165) is 11.8 Å². The summed E-state index contributed by atoms with van der Waals surface area (Å²) in [6, 6.07) is 12.9. The minimum absolute atomic E-state index is 0.186. The van der Waals surface area contributed by atoms with Gasteiger partial charge in [0.1, 0.15) is 0 Å². The predicted octanol–water partition coefficient (Wildman–Crippen LogP) is 3.42. The Hall–Kier alpha value is -3.04. The number of carbonyl (C=O) groups excluding carboxylic acids is 2. The number of nitrogens with zero attached hydrogens (tertiary/aromatic N) is 1. The summed E-state index contributed by atoms with van der Waals surface area (Å²) < 4.78 is 23.0. The molecule has 0 bridgehead atoms. The van der Waals surface area contributed by atoms with Crippen molar-refractivity contribution in [1.29, 1.82) is 0 Å². The summed E-state index contributed by atoms with van der Waals surface area (Å²) in [5.41, 5.74) is 2.32. The van der Waals surface area contributed by atoms with Gasteiger partial charge in [-0.25, -0.2) is 13.4 Å². The predicted molar refractivity (Wildman–Crippen MR) is 109 cm³/mol. The highest BCUT2D eigenvalue weighted by molar-refractivity contribution is 7.90. The van der Waals surface area contributed by atoms with Gasteiger partial charge in [0.2, 0.25) is 5.91 Å². The van der Waals surface area contributed by atoms with Crippen molar-refractivity contribution in [3.63, 3.8) is 0 Å². The van der Waals surface area contributed by atoms with Crippen LogP contribution >= 0.6 is 11.3 Å². The highest BCUT2D eigenvalue weighted by Gasteiger charge is 2.11. The lowest BCUT2D eigenvalue weighted by Gasteiger charge is -2.07. The number of hydrogen-bond acceptors (Lipinski definition) is 6. The Morgan fingerprint density at radius 1 is 1.04 bits per heavy atom. The molecular formula is C19H17N3O4S2. The van der Waals surface area contributed by atoms with Crippen LogP contribution in [0.3, 0.4) is 0 Å². The van der Waals surface area contributed by atoms with E-state index in [1.165, 1.54) is 42.5 Å². The number of nitrogens with one attached hydrogen (secondary N) is 2. The van der Waals surface area contributed by atoms with Crippen LogP contribution < -0.4 is 10.6 Å². The average molecular weight is 415 g/mol. The maximum absolute atomic E-state index is 12.5. The second-order valence-electron chi connectivity index (χ2n) is 6.05. The van der Waals surface area contributed by atoms with Gasteiger partial charge in [-0.15, -0.1) is 11.3 Å². The van der Waals surface area contributed by atoms with Crippen LogP contribution in [0.1, 0.15) is 17.3 Å². The molecule has 28 heavy (non-hydrogen) atoms. The van der Waals surface area contributed by atoms with Gasteiger partial charge in [0, 0.05) is 35.4 Å². The van der Waals surface area contributed by atoms with Crippen LogP contribution in [0, 0.1) is 0 Å². The zero-order valence-electron chi connectivity index (χ0n) is 15.1. The maximum atomic E-state index is 12.5. The van der Waals surface area contributed by atoms with E-state index < -0.39 is 9.84 Å². The van der Waals surface area contributed by atoms with E-state index in [-0.39, 0.29) is 16.7 Å². The number of thiazole rings is 1. The lowest BCUT2D eigenvalue weighted by atomic mass is 10.1. The second-order valence-corrected chi connectivity index (χ2v) is 8.92. The van der Waals surface area contributed by atoms with E-state index in [0.29, 0.717) is 22.1 Å². The first-order chi connectivity index (χ1) is 13.2. The van der Waals surface area contributed by atoms with Gasteiger partial charge in [0.15, 0.2) is 15.0 Å². The molecule has 0 spiro atoms. The fourth-order valence-electron chi connectivity index (χ4n) is 2.42. The molecule has 0 saturated carbocycles. The van der Waals surface area contributed by atoms with Gasteiger partial charge in [-0.3, -0.25) is 9.59 Å². The van der Waals surface area contributed by atoms with Crippen molar-refractivity contribution in [3.05, 3.63) is 59.5 Å². The average Bonchev–Trinajstić information content (AvgIpc) is 3.09. The molecule has 2 aromatic carbocycles. The Morgan fingerprint density at radius 3 is 2.39 bits per heavy atom. The molecule has 0 fully saturated rings. The third-order valence-corrected chi connectivity index (χ3v) is 5.63. The van der Waals surface area contributed by atoms with Crippen molar-refractivity contribution in [1.82, 2.24) is 4.98 Å². The lowest BCUT2D eigenvalue weighted by molar-refractivity contribution is -0.114. The van der Waals surface area contributed by atoms with Gasteiger partial charge in [-0.2, -0.15) is 0 Å². The SMILES string of the molecule is CC(=O)Nc1nc(-c2cccc(C(=O)Nc3ccc(S(C)(=O)=O)cc3)c2)cs1. The zero-order chi connectivity index (χ0) is 20.3. The summed E-state index contributed by atoms with van der Waals surface area (Å²) in [7, 11) is -3.29. The van der Waals surface area contributed by atoms with Gasteiger partial charge >= 0.3 is 0 Å². The van der Waals surface area contributed by atoms with Crippen molar-refractivity contribution in [2.75, 3.05) is 16.9 Å². The molecule has 3 aromatic rings. The number of aromatic nitrogens is 1. The molecule has 144 valence electrons. The fraction of sp³-hybridized carbons (Fsp3) is 0.105. The normalized spacial score (nSPS) is 11.1. The maximum Gasteiger partial charge on any atom is 0.255 e. The molecule has 7 nitrogen and oxygen atoms in total. The molecule has 0 aliphatic carbocycles. The Balaban J connectivity index is 1.77. The topological polar surface area (TPSA) is 105 Å². The van der Waals surface area contributed by atoms with Crippen LogP contribution in [0.5, 0.6) is 0 Å². The van der Waals surface area contributed by atoms with Crippen LogP contribution in [0.15, 0.2) is 58.8 Å². The van der Waals surface area contributed by atoms with Crippen molar-refractivity contribution >= 4 is 43.8 Å². The smallest absolute Gasteiger partial charge is 0.255 e. The van der Waals surface area contributed by atoms with Crippen LogP contribution in [0.2, 0.25) is 0 Å². The quantitative estimate of drug-likeness (QED) is 0.664. The van der Waals surface area contributed by atoms with Crippen molar-refractivity contribution in [2.24, 2.45) is 0 Å². The molecule has 0 aliphatic heterocycles. The minimum atomic E-state index is -3.29. The third kappa shape index (κ3) is 4.81. The number of amides is 2. The van der Waals surface area contributed by atoms with E-state index in [9.17, 15) is 18.0 Å². The van der Waals surface area contributed by atoms with E-state index in [2.05, 4.69) is 15.6 Å². The molecule has 0 radical (unpaired) electrons. The Labute approximate surface area is 166 Å². The Kier molecular flexibility index (Phi) is 5.57. The lowest BCUT2D eigenvalue weighted by Crippen LogP contribution is -2.12. The van der Waals surface area contributed by atoms with E-state index in [1.54, 1.807) is 23.6 Å². The summed E-state index contributed by atoms with van der Waals surface area (Å²) in [4.78, 5) is 28.2. The zero-order valence-corrected chi connectivity index (χ0v) is 16.7. The molecule has 0 unspecified atom stereocenters. The molecule has 9 heteroatoms. The van der Waals surface area contributed by atoms with Crippen LogP contribution in [-0.4, -0.2) is 31.5 Å². The number of benzene rings is 2. The van der Waals surface area contributed by atoms with Gasteiger partial charge in [0.25, 0.3) is 5.91 Å². The van der Waals surface area contributed by atoms with Crippen molar-refractivity contribution in [2.45, 2.75) is 11.8 Å². The largest absolute Gasteiger partial charge is 0.322 e. The third-order valence-electron chi connectivity index (χ3n) is 3.75. The number of sulfone groups is 1. The molecule has 1 aromatic heterocycles. The van der Waals surface area contributed by atoms with E-state index in [1.807, 2.05) is 6.07 Å². The summed E-state index contributed by atoms with van der Waals surface area (Å²) in [6.45, 7) is 1.41. The highest BCUT2D eigenvalue weighted by atomic mass is 32.2. The van der Waals surface area contributed by atoms with E-state index >= 15 is 0 Å².